The highest BCUT2D eigenvalue weighted by atomic mass is 16.5. The fraction of sp³-hybridized carbons (Fsp3) is 0.185. The minimum Gasteiger partial charge on any atom is -0.493 e. The van der Waals surface area contributed by atoms with Crippen LogP contribution in [0.15, 0.2) is 77.6 Å². The molecule has 1 aromatic heterocycles. The lowest BCUT2D eigenvalue weighted by atomic mass is 9.86. The molecule has 1 atom stereocenters. The Bertz CT molecular complexity index is 1410. The van der Waals surface area contributed by atoms with Crippen molar-refractivity contribution in [1.82, 2.24) is 4.57 Å². The zero-order valence-electron chi connectivity index (χ0n) is 18.4. The average molecular weight is 441 g/mol. The van der Waals surface area contributed by atoms with Gasteiger partial charge in [0.1, 0.15) is 12.4 Å². The molecule has 3 aromatic carbocycles. The molecule has 0 amide bonds. The molecule has 0 unspecified atom stereocenters. The molecule has 0 radical (unpaired) electrons. The van der Waals surface area contributed by atoms with Gasteiger partial charge in [0.15, 0.2) is 11.5 Å². The second-order valence-corrected chi connectivity index (χ2v) is 8.04. The largest absolute Gasteiger partial charge is 0.493 e. The number of rotatable bonds is 5. The maximum absolute atomic E-state index is 13.3. The molecule has 0 spiro atoms. The summed E-state index contributed by atoms with van der Waals surface area (Å²) in [6.07, 6.45) is 0.0773. The predicted molar refractivity (Wildman–Crippen MR) is 125 cm³/mol. The molecule has 166 valence electrons. The number of para-hydroxylation sites is 1. The Hall–Kier alpha value is -4.06. The van der Waals surface area contributed by atoms with E-state index in [0.717, 1.165) is 22.0 Å². The van der Waals surface area contributed by atoms with Crippen molar-refractivity contribution in [3.63, 3.8) is 0 Å². The summed E-state index contributed by atoms with van der Waals surface area (Å²) in [7, 11) is 3.31. The molecule has 0 bridgehead atoms. The van der Waals surface area contributed by atoms with Crippen molar-refractivity contribution < 1.29 is 19.0 Å². The Morgan fingerprint density at radius 3 is 2.52 bits per heavy atom. The highest BCUT2D eigenvalue weighted by molar-refractivity contribution is 5.91. The van der Waals surface area contributed by atoms with Gasteiger partial charge in [-0.1, -0.05) is 48.5 Å². The predicted octanol–water partition coefficient (Wildman–Crippen LogP) is 4.57. The first-order chi connectivity index (χ1) is 16.1. The lowest BCUT2D eigenvalue weighted by molar-refractivity contribution is -0.135. The standard InChI is InChI=1S/C27H23NO5/c1-28-21-11-7-6-10-19(21)26-25(27(28)30)20(15-24(29)33-26)18-12-13-22(23(14-18)31-2)32-16-17-8-4-3-5-9-17/h3-14,20H,15-16H2,1-2H3/t20-/m1/s1. The van der Waals surface area contributed by atoms with Gasteiger partial charge in [-0.25, -0.2) is 0 Å². The first kappa shape index (κ1) is 20.8. The summed E-state index contributed by atoms with van der Waals surface area (Å²) in [6, 6.07) is 22.8. The van der Waals surface area contributed by atoms with Crippen LogP contribution in [0.2, 0.25) is 0 Å². The zero-order valence-corrected chi connectivity index (χ0v) is 18.4. The van der Waals surface area contributed by atoms with Crippen molar-refractivity contribution in [3.05, 3.63) is 99.8 Å². The monoisotopic (exact) mass is 441 g/mol. The maximum Gasteiger partial charge on any atom is 0.312 e. The molecule has 33 heavy (non-hydrogen) atoms. The average Bonchev–Trinajstić information content (AvgIpc) is 2.86. The third-order valence-electron chi connectivity index (χ3n) is 6.05. The van der Waals surface area contributed by atoms with Crippen LogP contribution in [0.1, 0.15) is 29.0 Å². The smallest absolute Gasteiger partial charge is 0.312 e. The Morgan fingerprint density at radius 2 is 1.73 bits per heavy atom. The van der Waals surface area contributed by atoms with Crippen LogP contribution in [-0.4, -0.2) is 17.6 Å². The second kappa shape index (κ2) is 8.47. The molecule has 1 aliphatic rings. The molecular weight excluding hydrogens is 418 g/mol. The molecule has 4 aromatic rings. The second-order valence-electron chi connectivity index (χ2n) is 8.04. The van der Waals surface area contributed by atoms with Crippen molar-refractivity contribution in [2.45, 2.75) is 18.9 Å². The molecule has 0 aliphatic carbocycles. The lowest BCUT2D eigenvalue weighted by Gasteiger charge is -2.26. The van der Waals surface area contributed by atoms with Crippen LogP contribution in [0.3, 0.4) is 0 Å². The number of methoxy groups -OCH3 is 1. The molecule has 0 N–H and O–H groups in total. The van der Waals surface area contributed by atoms with Gasteiger partial charge in [0.25, 0.3) is 5.56 Å². The summed E-state index contributed by atoms with van der Waals surface area (Å²) >= 11 is 0. The third kappa shape index (κ3) is 3.74. The van der Waals surface area contributed by atoms with Crippen LogP contribution in [0.4, 0.5) is 0 Å². The van der Waals surface area contributed by atoms with Crippen molar-refractivity contribution in [2.75, 3.05) is 7.11 Å². The highest BCUT2D eigenvalue weighted by Crippen LogP contribution is 2.42. The number of ether oxygens (including phenoxy) is 3. The van der Waals surface area contributed by atoms with Gasteiger partial charge in [-0.3, -0.25) is 9.59 Å². The molecule has 0 fully saturated rings. The number of pyridine rings is 1. The van der Waals surface area contributed by atoms with Gasteiger partial charge < -0.3 is 18.8 Å². The number of hydrogen-bond acceptors (Lipinski definition) is 5. The van der Waals surface area contributed by atoms with Crippen LogP contribution in [0.5, 0.6) is 17.2 Å². The molecule has 6 nitrogen and oxygen atoms in total. The van der Waals surface area contributed by atoms with E-state index in [9.17, 15) is 9.59 Å². The fourth-order valence-corrected chi connectivity index (χ4v) is 4.37. The van der Waals surface area contributed by atoms with Crippen molar-refractivity contribution in [2.24, 2.45) is 7.05 Å². The van der Waals surface area contributed by atoms with Gasteiger partial charge in [-0.05, 0) is 35.4 Å². The summed E-state index contributed by atoms with van der Waals surface area (Å²) in [6.45, 7) is 0.404. The van der Waals surface area contributed by atoms with E-state index in [1.807, 2.05) is 72.8 Å². The summed E-state index contributed by atoms with van der Waals surface area (Å²) in [5.41, 5.74) is 2.87. The number of fused-ring (bicyclic) bond motifs is 3. The summed E-state index contributed by atoms with van der Waals surface area (Å²) in [4.78, 5) is 25.9. The number of carbonyl (C=O) groups is 1. The van der Waals surface area contributed by atoms with Crippen molar-refractivity contribution in [1.29, 1.82) is 0 Å². The topological polar surface area (TPSA) is 66.8 Å². The van der Waals surface area contributed by atoms with Gasteiger partial charge in [-0.2, -0.15) is 0 Å². The first-order valence-corrected chi connectivity index (χ1v) is 10.7. The molecule has 2 heterocycles. The zero-order chi connectivity index (χ0) is 22.9. The minimum atomic E-state index is -0.443. The van der Waals surface area contributed by atoms with Crippen LogP contribution < -0.4 is 19.8 Å². The van der Waals surface area contributed by atoms with E-state index < -0.39 is 5.92 Å². The minimum absolute atomic E-state index is 0.0773. The van der Waals surface area contributed by atoms with Crippen LogP contribution in [0, 0.1) is 0 Å². The molecule has 6 heteroatoms. The van der Waals surface area contributed by atoms with Gasteiger partial charge >= 0.3 is 5.97 Å². The summed E-state index contributed by atoms with van der Waals surface area (Å²) in [5.74, 6) is 0.672. The molecule has 1 aliphatic heterocycles. The molecule has 0 saturated carbocycles. The Kier molecular flexibility index (Phi) is 5.34. The molecular formula is C27H23NO5. The van der Waals surface area contributed by atoms with Gasteiger partial charge in [0, 0.05) is 18.4 Å². The Labute approximate surface area is 191 Å². The van der Waals surface area contributed by atoms with Gasteiger partial charge in [0.05, 0.1) is 24.6 Å². The summed E-state index contributed by atoms with van der Waals surface area (Å²) in [5, 5.41) is 0.738. The van der Waals surface area contributed by atoms with Crippen molar-refractivity contribution in [3.8, 4) is 17.2 Å². The number of nitrogens with zero attached hydrogens (tertiary/aromatic N) is 1. The third-order valence-corrected chi connectivity index (χ3v) is 6.05. The number of esters is 1. The van der Waals surface area contributed by atoms with Crippen LogP contribution >= 0.6 is 0 Å². The van der Waals surface area contributed by atoms with Crippen LogP contribution in [-0.2, 0) is 18.4 Å². The number of hydrogen-bond donors (Lipinski definition) is 0. The van der Waals surface area contributed by atoms with Crippen molar-refractivity contribution >= 4 is 16.9 Å². The van der Waals surface area contributed by atoms with E-state index >= 15 is 0 Å². The van der Waals surface area contributed by atoms with E-state index in [4.69, 9.17) is 14.2 Å². The van der Waals surface area contributed by atoms with E-state index in [2.05, 4.69) is 0 Å². The number of aromatic nitrogens is 1. The maximum atomic E-state index is 13.3. The van der Waals surface area contributed by atoms with E-state index in [-0.39, 0.29) is 17.9 Å². The van der Waals surface area contributed by atoms with Crippen LogP contribution in [0.25, 0.3) is 10.9 Å². The normalized spacial score (nSPS) is 15.1. The van der Waals surface area contributed by atoms with E-state index in [0.29, 0.717) is 29.4 Å². The molecule has 5 rings (SSSR count). The SMILES string of the molecule is COc1cc([C@H]2CC(=O)Oc3c2c(=O)n(C)c2ccccc32)ccc1OCc1ccccc1. The lowest BCUT2D eigenvalue weighted by Crippen LogP contribution is -2.31. The number of aryl methyl sites for hydroxylation is 1. The quantitative estimate of drug-likeness (QED) is 0.425. The number of carbonyl (C=O) groups excluding carboxylic acids is 1. The fourth-order valence-electron chi connectivity index (χ4n) is 4.37. The van der Waals surface area contributed by atoms with E-state index in [1.54, 1.807) is 18.7 Å². The Balaban J connectivity index is 1.56. The molecule has 0 saturated heterocycles. The van der Waals surface area contributed by atoms with E-state index in [1.165, 1.54) is 0 Å². The van der Waals surface area contributed by atoms with Gasteiger partial charge in [-0.15, -0.1) is 0 Å². The summed E-state index contributed by atoms with van der Waals surface area (Å²) < 4.78 is 18.7. The Morgan fingerprint density at radius 1 is 0.970 bits per heavy atom. The van der Waals surface area contributed by atoms with Gasteiger partial charge in [0.2, 0.25) is 0 Å². The first-order valence-electron chi connectivity index (χ1n) is 10.7. The highest BCUT2D eigenvalue weighted by Gasteiger charge is 2.34. The number of benzene rings is 3.